The maximum Gasteiger partial charge on any atom is 0.346 e. The van der Waals surface area contributed by atoms with E-state index in [0.717, 1.165) is 12.2 Å². The van der Waals surface area contributed by atoms with Crippen LogP contribution in [0, 0.1) is 20.2 Å². The summed E-state index contributed by atoms with van der Waals surface area (Å²) in [6, 6.07) is 12.5. The largest absolute Gasteiger partial charge is 0.346 e. The SMILES string of the molecule is O=[N+]([O-])C(=C/c1cccc(Cl)c1)/C(=C\c1cccc(Cl)c1)[N+](=O)[O-]. The van der Waals surface area contributed by atoms with Crippen LogP contribution < -0.4 is 0 Å². The average molecular weight is 365 g/mol. The summed E-state index contributed by atoms with van der Waals surface area (Å²) >= 11 is 11.7. The fraction of sp³-hybridized carbons (Fsp3) is 0. The second-order valence-electron chi connectivity index (χ2n) is 4.68. The summed E-state index contributed by atoms with van der Waals surface area (Å²) in [5, 5.41) is 23.4. The van der Waals surface area contributed by atoms with Crippen LogP contribution >= 0.6 is 23.2 Å². The fourth-order valence-corrected chi connectivity index (χ4v) is 2.35. The third-order valence-electron chi connectivity index (χ3n) is 2.96. The molecule has 0 spiro atoms. The summed E-state index contributed by atoms with van der Waals surface area (Å²) in [6.45, 7) is 0. The van der Waals surface area contributed by atoms with E-state index in [-0.39, 0.29) is 0 Å². The van der Waals surface area contributed by atoms with Gasteiger partial charge in [-0.1, -0.05) is 47.5 Å². The number of nitrogens with zero attached hydrogens (tertiary/aromatic N) is 2. The van der Waals surface area contributed by atoms with Crippen LogP contribution in [0.25, 0.3) is 12.2 Å². The van der Waals surface area contributed by atoms with Crippen LogP contribution in [0.1, 0.15) is 11.1 Å². The predicted octanol–water partition coefficient (Wildman–Crippen LogP) is 4.93. The summed E-state index contributed by atoms with van der Waals surface area (Å²) in [5.41, 5.74) is -0.537. The van der Waals surface area contributed by atoms with E-state index in [2.05, 4.69) is 0 Å². The summed E-state index contributed by atoms with van der Waals surface area (Å²) in [6.07, 6.45) is 2.20. The van der Waals surface area contributed by atoms with Crippen molar-refractivity contribution in [1.29, 1.82) is 0 Å². The second-order valence-corrected chi connectivity index (χ2v) is 5.56. The van der Waals surface area contributed by atoms with Crippen LogP contribution in [0.15, 0.2) is 59.9 Å². The van der Waals surface area contributed by atoms with Gasteiger partial charge in [0, 0.05) is 22.2 Å². The van der Waals surface area contributed by atoms with Crippen LogP contribution in [0.5, 0.6) is 0 Å². The van der Waals surface area contributed by atoms with Crippen molar-refractivity contribution >= 4 is 35.4 Å². The summed E-state index contributed by atoms with van der Waals surface area (Å²) in [7, 11) is 0. The molecule has 0 amide bonds. The molecule has 0 aliphatic heterocycles. The van der Waals surface area contributed by atoms with Crippen LogP contribution in [-0.4, -0.2) is 9.85 Å². The minimum atomic E-state index is -0.805. The summed E-state index contributed by atoms with van der Waals surface area (Å²) in [4.78, 5) is 21.0. The number of benzene rings is 2. The first-order chi connectivity index (χ1) is 11.4. The van der Waals surface area contributed by atoms with Crippen molar-refractivity contribution in [3.05, 3.63) is 101 Å². The van der Waals surface area contributed by atoms with Crippen molar-refractivity contribution in [2.24, 2.45) is 0 Å². The molecule has 2 aromatic carbocycles. The van der Waals surface area contributed by atoms with E-state index in [1.807, 2.05) is 0 Å². The molecule has 24 heavy (non-hydrogen) atoms. The maximum atomic E-state index is 11.3. The highest BCUT2D eigenvalue weighted by Gasteiger charge is 2.28. The van der Waals surface area contributed by atoms with Gasteiger partial charge in [0.1, 0.15) is 0 Å². The highest BCUT2D eigenvalue weighted by atomic mass is 35.5. The molecule has 2 rings (SSSR count). The van der Waals surface area contributed by atoms with Crippen molar-refractivity contribution in [1.82, 2.24) is 0 Å². The molecule has 0 saturated carbocycles. The van der Waals surface area contributed by atoms with Gasteiger partial charge in [-0.05, 0) is 35.4 Å². The molecule has 0 aliphatic carbocycles. The Hall–Kier alpha value is -2.70. The first-order valence-corrected chi connectivity index (χ1v) is 7.36. The molecule has 2 aromatic rings. The lowest BCUT2D eigenvalue weighted by Crippen LogP contribution is -2.09. The van der Waals surface area contributed by atoms with Crippen LogP contribution in [0.4, 0.5) is 0 Å². The van der Waals surface area contributed by atoms with Gasteiger partial charge in [-0.2, -0.15) is 0 Å². The molecular weight excluding hydrogens is 355 g/mol. The van der Waals surface area contributed by atoms with E-state index in [9.17, 15) is 20.2 Å². The predicted molar refractivity (Wildman–Crippen MR) is 92.8 cm³/mol. The van der Waals surface area contributed by atoms with E-state index in [1.54, 1.807) is 36.4 Å². The Morgan fingerprint density at radius 3 is 1.46 bits per heavy atom. The topological polar surface area (TPSA) is 86.3 Å². The van der Waals surface area contributed by atoms with E-state index < -0.39 is 21.2 Å². The lowest BCUT2D eigenvalue weighted by molar-refractivity contribution is -0.477. The van der Waals surface area contributed by atoms with Crippen molar-refractivity contribution in [2.45, 2.75) is 0 Å². The number of hydrogen-bond donors (Lipinski definition) is 0. The Kier molecular flexibility index (Phi) is 5.68. The van der Waals surface area contributed by atoms with Gasteiger partial charge < -0.3 is 0 Å². The molecule has 0 radical (unpaired) electrons. The summed E-state index contributed by atoms with van der Waals surface area (Å²) < 4.78 is 0. The molecular formula is C16H10Cl2N2O4. The first kappa shape index (κ1) is 17.7. The summed E-state index contributed by atoms with van der Waals surface area (Å²) in [5.74, 6) is 0. The van der Waals surface area contributed by atoms with Crippen LogP contribution in [-0.2, 0) is 0 Å². The van der Waals surface area contributed by atoms with Gasteiger partial charge >= 0.3 is 11.4 Å². The zero-order valence-electron chi connectivity index (χ0n) is 12.1. The normalized spacial score (nSPS) is 12.1. The Bertz CT molecular complexity index is 791. The quantitative estimate of drug-likeness (QED) is 0.427. The molecule has 122 valence electrons. The number of rotatable bonds is 5. The third kappa shape index (κ3) is 4.65. The lowest BCUT2D eigenvalue weighted by Gasteiger charge is -2.00. The van der Waals surface area contributed by atoms with E-state index in [4.69, 9.17) is 23.2 Å². The molecule has 0 fully saturated rings. The minimum absolute atomic E-state index is 0.368. The van der Waals surface area contributed by atoms with Crippen molar-refractivity contribution in [3.63, 3.8) is 0 Å². The van der Waals surface area contributed by atoms with E-state index in [0.29, 0.717) is 21.2 Å². The molecule has 0 atom stereocenters. The lowest BCUT2D eigenvalue weighted by atomic mass is 10.1. The highest BCUT2D eigenvalue weighted by Crippen LogP contribution is 2.22. The molecule has 0 aromatic heterocycles. The molecule has 0 aliphatic rings. The van der Waals surface area contributed by atoms with Gasteiger partial charge in [-0.25, -0.2) is 0 Å². The van der Waals surface area contributed by atoms with Crippen molar-refractivity contribution < 1.29 is 9.85 Å². The van der Waals surface area contributed by atoms with Crippen molar-refractivity contribution in [2.75, 3.05) is 0 Å². The number of hydrogen-bond acceptors (Lipinski definition) is 4. The Morgan fingerprint density at radius 2 is 1.17 bits per heavy atom. The van der Waals surface area contributed by atoms with Gasteiger partial charge in [0.2, 0.25) is 0 Å². The zero-order valence-corrected chi connectivity index (χ0v) is 13.6. The molecule has 8 heteroatoms. The van der Waals surface area contributed by atoms with E-state index in [1.165, 1.54) is 12.1 Å². The van der Waals surface area contributed by atoms with E-state index >= 15 is 0 Å². The second kappa shape index (κ2) is 7.72. The molecule has 0 bridgehead atoms. The highest BCUT2D eigenvalue weighted by molar-refractivity contribution is 6.31. The van der Waals surface area contributed by atoms with Gasteiger partial charge in [0.05, 0.1) is 9.85 Å². The smallest absolute Gasteiger partial charge is 0.258 e. The van der Waals surface area contributed by atoms with Crippen LogP contribution in [0.2, 0.25) is 10.0 Å². The monoisotopic (exact) mass is 364 g/mol. The fourth-order valence-electron chi connectivity index (χ4n) is 1.95. The molecule has 0 unspecified atom stereocenters. The molecule has 0 heterocycles. The van der Waals surface area contributed by atoms with Gasteiger partial charge in [0.25, 0.3) is 0 Å². The number of halogens is 2. The standard InChI is InChI=1S/C16H10Cl2N2O4/c17-13-5-1-3-11(7-13)9-15(19(21)22)16(20(23)24)10-12-4-2-6-14(18)8-12/h1-10H/b15-9+,16-10+. The Balaban J connectivity index is 2.57. The number of nitro groups is 2. The first-order valence-electron chi connectivity index (χ1n) is 6.60. The molecule has 6 nitrogen and oxygen atoms in total. The maximum absolute atomic E-state index is 11.3. The molecule has 0 N–H and O–H groups in total. The Morgan fingerprint density at radius 1 is 0.792 bits per heavy atom. The van der Waals surface area contributed by atoms with Gasteiger partial charge in [0.15, 0.2) is 0 Å². The van der Waals surface area contributed by atoms with Gasteiger partial charge in [-0.15, -0.1) is 0 Å². The molecule has 0 saturated heterocycles. The third-order valence-corrected chi connectivity index (χ3v) is 3.43. The average Bonchev–Trinajstić information content (AvgIpc) is 2.50. The van der Waals surface area contributed by atoms with Crippen LogP contribution in [0.3, 0.4) is 0 Å². The van der Waals surface area contributed by atoms with Gasteiger partial charge in [-0.3, -0.25) is 20.2 Å². The minimum Gasteiger partial charge on any atom is -0.258 e. The van der Waals surface area contributed by atoms with Crippen molar-refractivity contribution in [3.8, 4) is 0 Å². The zero-order chi connectivity index (χ0) is 17.7. The Labute approximate surface area is 146 Å².